The number of H-pyrrole nitrogens is 1. The molecule has 0 radical (unpaired) electrons. The lowest BCUT2D eigenvalue weighted by Gasteiger charge is -2.30. The summed E-state index contributed by atoms with van der Waals surface area (Å²) >= 11 is 3.36. The zero-order valence-electron chi connectivity index (χ0n) is 16.9. The number of hydrogen-bond acceptors (Lipinski definition) is 5. The van der Waals surface area contributed by atoms with Gasteiger partial charge in [0.05, 0.1) is 24.1 Å². The SMILES string of the molecule is COC(=O)N[C@H](C(=O)N1C[C@@H](C)C[C@H]1c1nc2ccc(Br)cc2c(=O)[nH]1)C(C)C. The number of rotatable bonds is 4. The molecule has 3 rings (SSSR count). The molecule has 1 aliphatic heterocycles. The Kier molecular flexibility index (Phi) is 6.26. The minimum absolute atomic E-state index is 0.126. The van der Waals surface area contributed by atoms with E-state index in [0.29, 0.717) is 29.7 Å². The molecule has 29 heavy (non-hydrogen) atoms. The van der Waals surface area contributed by atoms with Crippen LogP contribution in [0, 0.1) is 11.8 Å². The van der Waals surface area contributed by atoms with E-state index in [1.165, 1.54) is 7.11 Å². The first-order valence-electron chi connectivity index (χ1n) is 9.55. The standard InChI is InChI=1S/C20H25BrN4O4/c1-10(2)16(23-20(28)29-4)19(27)25-9-11(3)7-15(25)17-22-14-6-5-12(21)8-13(14)18(26)24-17/h5-6,8,10-11,15-16H,7,9H2,1-4H3,(H,23,28)(H,22,24,26)/t11-,15-,16-/m0/s1. The normalized spacial score (nSPS) is 20.1. The summed E-state index contributed by atoms with van der Waals surface area (Å²) in [5, 5.41) is 3.11. The van der Waals surface area contributed by atoms with Crippen molar-refractivity contribution in [2.75, 3.05) is 13.7 Å². The van der Waals surface area contributed by atoms with Crippen LogP contribution in [0.4, 0.5) is 4.79 Å². The van der Waals surface area contributed by atoms with Crippen LogP contribution in [0.3, 0.4) is 0 Å². The van der Waals surface area contributed by atoms with Crippen LogP contribution in [0.1, 0.15) is 39.1 Å². The van der Waals surface area contributed by atoms with Gasteiger partial charge in [-0.25, -0.2) is 9.78 Å². The first-order chi connectivity index (χ1) is 13.7. The molecular weight excluding hydrogens is 440 g/mol. The highest BCUT2D eigenvalue weighted by Gasteiger charge is 2.40. The van der Waals surface area contributed by atoms with E-state index in [0.717, 1.165) is 4.47 Å². The summed E-state index contributed by atoms with van der Waals surface area (Å²) in [4.78, 5) is 46.8. The summed E-state index contributed by atoms with van der Waals surface area (Å²) in [6.45, 7) is 6.30. The average Bonchev–Trinajstić information content (AvgIpc) is 3.07. The Morgan fingerprint density at radius 3 is 2.76 bits per heavy atom. The van der Waals surface area contributed by atoms with Gasteiger partial charge in [-0.2, -0.15) is 0 Å². The third kappa shape index (κ3) is 4.44. The molecule has 0 bridgehead atoms. The van der Waals surface area contributed by atoms with Gasteiger partial charge in [-0.15, -0.1) is 0 Å². The maximum absolute atomic E-state index is 13.3. The molecule has 0 aliphatic carbocycles. The molecule has 3 atom stereocenters. The van der Waals surface area contributed by atoms with E-state index in [1.54, 1.807) is 17.0 Å². The highest BCUT2D eigenvalue weighted by Crippen LogP contribution is 2.34. The molecule has 1 fully saturated rings. The Hall–Kier alpha value is -2.42. The second-order valence-electron chi connectivity index (χ2n) is 7.82. The quantitative estimate of drug-likeness (QED) is 0.723. The van der Waals surface area contributed by atoms with Gasteiger partial charge in [-0.1, -0.05) is 36.7 Å². The zero-order chi connectivity index (χ0) is 21.3. The van der Waals surface area contributed by atoms with Crippen LogP contribution in [-0.2, 0) is 9.53 Å². The molecule has 1 aromatic carbocycles. The Morgan fingerprint density at radius 2 is 2.10 bits per heavy atom. The molecule has 0 saturated carbocycles. The molecule has 2 aromatic rings. The number of methoxy groups -OCH3 is 1. The number of nitrogens with zero attached hydrogens (tertiary/aromatic N) is 2. The number of aromatic nitrogens is 2. The number of amides is 2. The van der Waals surface area contributed by atoms with Gasteiger partial charge in [0.15, 0.2) is 0 Å². The fourth-order valence-corrected chi connectivity index (χ4v) is 4.07. The van der Waals surface area contributed by atoms with E-state index in [9.17, 15) is 14.4 Å². The average molecular weight is 465 g/mol. The molecule has 1 aromatic heterocycles. The van der Waals surface area contributed by atoms with Crippen molar-refractivity contribution in [3.05, 3.63) is 38.9 Å². The molecule has 2 N–H and O–H groups in total. The van der Waals surface area contributed by atoms with E-state index < -0.39 is 12.1 Å². The second-order valence-corrected chi connectivity index (χ2v) is 8.73. The van der Waals surface area contributed by atoms with Crippen molar-refractivity contribution in [2.24, 2.45) is 11.8 Å². The molecule has 1 aliphatic rings. The van der Waals surface area contributed by atoms with Gasteiger partial charge in [0.25, 0.3) is 5.56 Å². The molecule has 0 unspecified atom stereocenters. The number of alkyl carbamates (subject to hydrolysis) is 1. The molecular formula is C20H25BrN4O4. The summed E-state index contributed by atoms with van der Waals surface area (Å²) in [6.07, 6.45) is 0.0309. The number of nitrogens with one attached hydrogen (secondary N) is 2. The van der Waals surface area contributed by atoms with Gasteiger partial charge in [0, 0.05) is 11.0 Å². The van der Waals surface area contributed by atoms with Crippen molar-refractivity contribution in [1.82, 2.24) is 20.2 Å². The number of carbonyl (C=O) groups excluding carboxylic acids is 2. The number of halogens is 1. The van der Waals surface area contributed by atoms with E-state index in [-0.39, 0.29) is 29.3 Å². The van der Waals surface area contributed by atoms with Gasteiger partial charge in [-0.3, -0.25) is 9.59 Å². The summed E-state index contributed by atoms with van der Waals surface area (Å²) in [5.41, 5.74) is 0.332. The van der Waals surface area contributed by atoms with Gasteiger partial charge in [0.2, 0.25) is 5.91 Å². The predicted molar refractivity (Wildman–Crippen MR) is 112 cm³/mol. The summed E-state index contributed by atoms with van der Waals surface area (Å²) in [7, 11) is 1.26. The van der Waals surface area contributed by atoms with Crippen LogP contribution < -0.4 is 10.9 Å². The number of aromatic amines is 1. The van der Waals surface area contributed by atoms with Crippen LogP contribution in [0.25, 0.3) is 10.9 Å². The topological polar surface area (TPSA) is 104 Å². The Balaban J connectivity index is 1.97. The lowest BCUT2D eigenvalue weighted by molar-refractivity contribution is -0.135. The molecule has 2 amide bonds. The van der Waals surface area contributed by atoms with Crippen LogP contribution in [0.5, 0.6) is 0 Å². The molecule has 156 valence electrons. The van der Waals surface area contributed by atoms with Crippen LogP contribution >= 0.6 is 15.9 Å². The van der Waals surface area contributed by atoms with Crippen LogP contribution in [-0.4, -0.2) is 46.6 Å². The van der Waals surface area contributed by atoms with Crippen molar-refractivity contribution in [2.45, 2.75) is 39.3 Å². The number of hydrogen-bond donors (Lipinski definition) is 2. The summed E-state index contributed by atoms with van der Waals surface area (Å²) < 4.78 is 5.46. The van der Waals surface area contributed by atoms with Crippen molar-refractivity contribution < 1.29 is 14.3 Å². The first-order valence-corrected chi connectivity index (χ1v) is 10.3. The number of carbonyl (C=O) groups is 2. The number of benzene rings is 1. The van der Waals surface area contributed by atoms with Crippen molar-refractivity contribution in [3.8, 4) is 0 Å². The van der Waals surface area contributed by atoms with Crippen LogP contribution in [0.2, 0.25) is 0 Å². The molecule has 8 nitrogen and oxygen atoms in total. The lowest BCUT2D eigenvalue weighted by atomic mass is 10.0. The molecule has 0 spiro atoms. The lowest BCUT2D eigenvalue weighted by Crippen LogP contribution is -2.51. The van der Waals surface area contributed by atoms with E-state index in [2.05, 4.69) is 42.9 Å². The monoisotopic (exact) mass is 464 g/mol. The second kappa shape index (κ2) is 8.52. The minimum Gasteiger partial charge on any atom is -0.453 e. The Morgan fingerprint density at radius 1 is 1.38 bits per heavy atom. The van der Waals surface area contributed by atoms with Crippen molar-refractivity contribution in [1.29, 1.82) is 0 Å². The van der Waals surface area contributed by atoms with E-state index in [4.69, 9.17) is 0 Å². The smallest absolute Gasteiger partial charge is 0.407 e. The zero-order valence-corrected chi connectivity index (χ0v) is 18.4. The Bertz CT molecular complexity index is 990. The number of fused-ring (bicyclic) bond motifs is 1. The summed E-state index contributed by atoms with van der Waals surface area (Å²) in [5.74, 6) is 0.362. The fraction of sp³-hybridized carbons (Fsp3) is 0.500. The van der Waals surface area contributed by atoms with Gasteiger partial charge in [-0.05, 0) is 36.5 Å². The largest absolute Gasteiger partial charge is 0.453 e. The highest BCUT2D eigenvalue weighted by atomic mass is 79.9. The third-order valence-electron chi connectivity index (χ3n) is 5.19. The van der Waals surface area contributed by atoms with Gasteiger partial charge in [0.1, 0.15) is 11.9 Å². The maximum atomic E-state index is 13.3. The molecule has 2 heterocycles. The Labute approximate surface area is 177 Å². The van der Waals surface area contributed by atoms with Crippen molar-refractivity contribution in [3.63, 3.8) is 0 Å². The molecule has 1 saturated heterocycles. The van der Waals surface area contributed by atoms with Crippen molar-refractivity contribution >= 4 is 38.8 Å². The number of likely N-dealkylation sites (tertiary alicyclic amines) is 1. The fourth-order valence-electron chi connectivity index (χ4n) is 3.71. The highest BCUT2D eigenvalue weighted by molar-refractivity contribution is 9.10. The number of ether oxygens (including phenoxy) is 1. The first kappa shape index (κ1) is 21.3. The molecule has 9 heteroatoms. The third-order valence-corrected chi connectivity index (χ3v) is 5.68. The van der Waals surface area contributed by atoms with E-state index in [1.807, 2.05) is 19.9 Å². The summed E-state index contributed by atoms with van der Waals surface area (Å²) in [6, 6.07) is 4.24. The van der Waals surface area contributed by atoms with Crippen LogP contribution in [0.15, 0.2) is 27.5 Å². The minimum atomic E-state index is -0.724. The van der Waals surface area contributed by atoms with Gasteiger partial charge < -0.3 is 19.9 Å². The van der Waals surface area contributed by atoms with Gasteiger partial charge >= 0.3 is 6.09 Å². The maximum Gasteiger partial charge on any atom is 0.407 e. The van der Waals surface area contributed by atoms with E-state index >= 15 is 0 Å². The predicted octanol–water partition coefficient (Wildman–Crippen LogP) is 2.98.